The van der Waals surface area contributed by atoms with E-state index >= 15 is 0 Å². The van der Waals surface area contributed by atoms with Gasteiger partial charge in [0.2, 0.25) is 0 Å². The molecule has 1 aromatic rings. The Bertz CT molecular complexity index is 468. The highest BCUT2D eigenvalue weighted by Crippen LogP contribution is 2.33. The number of morpholine rings is 1. The SMILES string of the molecule is O=C(NCc1ccco1)NC[C@@]1(N2CCOCC2)CCSC1. The highest BCUT2D eigenvalue weighted by atomic mass is 32.2. The molecule has 22 heavy (non-hydrogen) atoms. The Labute approximate surface area is 134 Å². The maximum atomic E-state index is 12.0. The number of nitrogens with zero attached hydrogens (tertiary/aromatic N) is 1. The van der Waals surface area contributed by atoms with Gasteiger partial charge in [0.15, 0.2) is 0 Å². The van der Waals surface area contributed by atoms with Crippen LogP contribution in [0, 0.1) is 0 Å². The minimum absolute atomic E-state index is 0.0798. The van der Waals surface area contributed by atoms with Crippen LogP contribution in [0.25, 0.3) is 0 Å². The average Bonchev–Trinajstić information content (AvgIpc) is 3.24. The summed E-state index contributed by atoms with van der Waals surface area (Å²) in [5.74, 6) is 2.99. The lowest BCUT2D eigenvalue weighted by atomic mass is 9.95. The first kappa shape index (κ1) is 15.7. The molecule has 0 spiro atoms. The minimum Gasteiger partial charge on any atom is -0.467 e. The number of hydrogen-bond acceptors (Lipinski definition) is 5. The summed E-state index contributed by atoms with van der Waals surface area (Å²) in [6.07, 6.45) is 2.73. The second kappa shape index (κ2) is 7.39. The van der Waals surface area contributed by atoms with E-state index in [1.54, 1.807) is 6.26 Å². The first-order valence-electron chi connectivity index (χ1n) is 7.73. The van der Waals surface area contributed by atoms with Crippen molar-refractivity contribution in [2.45, 2.75) is 18.5 Å². The number of amides is 2. The van der Waals surface area contributed by atoms with Crippen molar-refractivity contribution < 1.29 is 13.9 Å². The number of furan rings is 1. The van der Waals surface area contributed by atoms with E-state index in [1.165, 1.54) is 0 Å². The lowest BCUT2D eigenvalue weighted by Gasteiger charge is -2.43. The Hall–Kier alpha value is -1.18. The maximum Gasteiger partial charge on any atom is 0.315 e. The van der Waals surface area contributed by atoms with Gasteiger partial charge in [0.05, 0.1) is 26.0 Å². The Morgan fingerprint density at radius 3 is 2.91 bits per heavy atom. The van der Waals surface area contributed by atoms with Gasteiger partial charge in [-0.3, -0.25) is 4.90 Å². The molecule has 2 N–H and O–H groups in total. The van der Waals surface area contributed by atoms with Gasteiger partial charge in [-0.25, -0.2) is 4.79 Å². The first-order valence-corrected chi connectivity index (χ1v) is 8.89. The molecule has 0 aliphatic carbocycles. The van der Waals surface area contributed by atoms with Gasteiger partial charge in [0, 0.05) is 30.9 Å². The summed E-state index contributed by atoms with van der Waals surface area (Å²) in [6.45, 7) is 4.59. The molecule has 2 fully saturated rings. The van der Waals surface area contributed by atoms with Crippen molar-refractivity contribution in [3.8, 4) is 0 Å². The summed E-state index contributed by atoms with van der Waals surface area (Å²) in [7, 11) is 0. The monoisotopic (exact) mass is 325 g/mol. The zero-order chi connectivity index (χ0) is 15.3. The van der Waals surface area contributed by atoms with Crippen LogP contribution >= 0.6 is 11.8 Å². The average molecular weight is 325 g/mol. The molecule has 6 nitrogen and oxygen atoms in total. The van der Waals surface area contributed by atoms with E-state index in [1.807, 2.05) is 23.9 Å². The van der Waals surface area contributed by atoms with Crippen molar-refractivity contribution in [3.63, 3.8) is 0 Å². The summed E-state index contributed by atoms with van der Waals surface area (Å²) >= 11 is 1.97. The van der Waals surface area contributed by atoms with Gasteiger partial charge in [-0.1, -0.05) is 0 Å². The summed E-state index contributed by atoms with van der Waals surface area (Å²) < 4.78 is 10.7. The number of carbonyl (C=O) groups is 1. The van der Waals surface area contributed by atoms with E-state index in [4.69, 9.17) is 9.15 Å². The molecule has 3 rings (SSSR count). The smallest absolute Gasteiger partial charge is 0.315 e. The van der Waals surface area contributed by atoms with Crippen LogP contribution in [0.4, 0.5) is 4.79 Å². The number of rotatable bonds is 5. The lowest BCUT2D eigenvalue weighted by molar-refractivity contribution is -0.0124. The maximum absolute atomic E-state index is 12.0. The number of ether oxygens (including phenoxy) is 1. The second-order valence-electron chi connectivity index (χ2n) is 5.74. The van der Waals surface area contributed by atoms with E-state index in [-0.39, 0.29) is 11.6 Å². The van der Waals surface area contributed by atoms with E-state index in [0.717, 1.165) is 50.0 Å². The van der Waals surface area contributed by atoms with Crippen molar-refractivity contribution in [2.24, 2.45) is 0 Å². The summed E-state index contributed by atoms with van der Waals surface area (Å²) in [6, 6.07) is 3.53. The molecule has 0 saturated carbocycles. The van der Waals surface area contributed by atoms with E-state index in [9.17, 15) is 4.79 Å². The van der Waals surface area contributed by atoms with Crippen molar-refractivity contribution >= 4 is 17.8 Å². The second-order valence-corrected chi connectivity index (χ2v) is 6.85. The molecular formula is C15H23N3O3S. The van der Waals surface area contributed by atoms with Gasteiger partial charge in [0.25, 0.3) is 0 Å². The fourth-order valence-corrected chi connectivity index (χ4v) is 4.50. The first-order chi connectivity index (χ1) is 10.8. The molecule has 3 heterocycles. The molecule has 0 aromatic carbocycles. The van der Waals surface area contributed by atoms with Gasteiger partial charge in [-0.05, 0) is 24.3 Å². The number of thioether (sulfide) groups is 1. The third-order valence-corrected chi connectivity index (χ3v) is 5.58. The van der Waals surface area contributed by atoms with Crippen molar-refractivity contribution in [1.82, 2.24) is 15.5 Å². The van der Waals surface area contributed by atoms with Crippen LogP contribution in [0.2, 0.25) is 0 Å². The summed E-state index contributed by atoms with van der Waals surface area (Å²) in [5.41, 5.74) is 0.0798. The molecule has 2 amide bonds. The quantitative estimate of drug-likeness (QED) is 0.854. The third-order valence-electron chi connectivity index (χ3n) is 4.35. The zero-order valence-electron chi connectivity index (χ0n) is 12.7. The predicted molar refractivity (Wildman–Crippen MR) is 86.0 cm³/mol. The van der Waals surface area contributed by atoms with Crippen LogP contribution < -0.4 is 10.6 Å². The lowest BCUT2D eigenvalue weighted by Crippen LogP contribution is -2.59. The molecule has 2 aliphatic rings. The molecule has 1 atom stereocenters. The fraction of sp³-hybridized carbons (Fsp3) is 0.667. The molecule has 0 bridgehead atoms. The molecule has 0 unspecified atom stereocenters. The van der Waals surface area contributed by atoms with Crippen LogP contribution in [0.3, 0.4) is 0 Å². The minimum atomic E-state index is -0.138. The van der Waals surface area contributed by atoms with Crippen LogP contribution in [-0.4, -0.2) is 60.8 Å². The van der Waals surface area contributed by atoms with Crippen LogP contribution in [0.5, 0.6) is 0 Å². The van der Waals surface area contributed by atoms with Gasteiger partial charge >= 0.3 is 6.03 Å². The van der Waals surface area contributed by atoms with E-state index < -0.39 is 0 Å². The van der Waals surface area contributed by atoms with Crippen LogP contribution in [0.1, 0.15) is 12.2 Å². The predicted octanol–water partition coefficient (Wildman–Crippen LogP) is 1.29. The Kier molecular flexibility index (Phi) is 5.28. The normalized spacial score (nSPS) is 26.0. The fourth-order valence-electron chi connectivity index (χ4n) is 3.02. The number of urea groups is 1. The standard InChI is InChI=1S/C15H23N3O3S/c19-14(16-10-13-2-1-6-21-13)17-11-15(3-9-22-12-15)18-4-7-20-8-5-18/h1-2,6H,3-5,7-12H2,(H2,16,17,19)/t15-/m0/s1. The Balaban J connectivity index is 1.49. The van der Waals surface area contributed by atoms with E-state index in [0.29, 0.717) is 13.1 Å². The molecule has 1 aromatic heterocycles. The zero-order valence-corrected chi connectivity index (χ0v) is 13.5. The van der Waals surface area contributed by atoms with Crippen molar-refractivity contribution in [1.29, 1.82) is 0 Å². The molecule has 122 valence electrons. The Morgan fingerprint density at radius 1 is 1.36 bits per heavy atom. The Morgan fingerprint density at radius 2 is 2.23 bits per heavy atom. The van der Waals surface area contributed by atoms with E-state index in [2.05, 4.69) is 15.5 Å². The van der Waals surface area contributed by atoms with Gasteiger partial charge in [0.1, 0.15) is 5.76 Å². The number of nitrogens with one attached hydrogen (secondary N) is 2. The van der Waals surface area contributed by atoms with Crippen molar-refractivity contribution in [3.05, 3.63) is 24.2 Å². The van der Waals surface area contributed by atoms with Crippen LogP contribution in [0.15, 0.2) is 22.8 Å². The summed E-state index contributed by atoms with van der Waals surface area (Å²) in [4.78, 5) is 14.5. The van der Waals surface area contributed by atoms with Gasteiger partial charge in [-0.2, -0.15) is 11.8 Å². The van der Waals surface area contributed by atoms with Gasteiger partial charge in [-0.15, -0.1) is 0 Å². The number of carbonyl (C=O) groups excluding carboxylic acids is 1. The number of hydrogen-bond donors (Lipinski definition) is 2. The molecule has 2 saturated heterocycles. The van der Waals surface area contributed by atoms with Gasteiger partial charge < -0.3 is 19.8 Å². The molecule has 0 radical (unpaired) electrons. The largest absolute Gasteiger partial charge is 0.467 e. The molecular weight excluding hydrogens is 302 g/mol. The molecule has 7 heteroatoms. The summed E-state index contributed by atoms with van der Waals surface area (Å²) in [5, 5.41) is 5.87. The third kappa shape index (κ3) is 3.77. The van der Waals surface area contributed by atoms with Crippen molar-refractivity contribution in [2.75, 3.05) is 44.4 Å². The highest BCUT2D eigenvalue weighted by molar-refractivity contribution is 7.99. The van der Waals surface area contributed by atoms with Crippen LogP contribution in [-0.2, 0) is 11.3 Å². The molecule has 2 aliphatic heterocycles. The highest BCUT2D eigenvalue weighted by Gasteiger charge is 2.40. The topological polar surface area (TPSA) is 66.7 Å².